The van der Waals surface area contributed by atoms with Crippen LogP contribution in [0.15, 0.2) is 54.6 Å². The topological polar surface area (TPSA) is 59.4 Å². The molecular weight excluding hydrogens is 386 g/mol. The number of carboxylic acid groups (broad SMARTS) is 1. The van der Waals surface area contributed by atoms with Crippen molar-refractivity contribution in [3.63, 3.8) is 0 Å². The zero-order chi connectivity index (χ0) is 21.0. The lowest BCUT2D eigenvalue weighted by Gasteiger charge is -2.16. The third-order valence-corrected chi connectivity index (χ3v) is 4.78. The highest BCUT2D eigenvalue weighted by Crippen LogP contribution is 2.29. The average molecular weight is 410 g/mol. The number of carbonyl (C=O) groups is 1. The number of carboxylic acids is 1. The van der Waals surface area contributed by atoms with Crippen molar-refractivity contribution in [2.75, 3.05) is 0 Å². The van der Waals surface area contributed by atoms with Crippen molar-refractivity contribution >= 4 is 17.6 Å². The van der Waals surface area contributed by atoms with Crippen LogP contribution < -0.4 is 4.74 Å². The van der Waals surface area contributed by atoms with Crippen molar-refractivity contribution in [3.05, 3.63) is 82.1 Å². The van der Waals surface area contributed by atoms with Gasteiger partial charge < -0.3 is 9.84 Å². The molecule has 0 saturated heterocycles. The SMILES string of the molecule is Cc1ccc(OCc2nc(CC(C)C)c(-c3cccc(Cl)c3)cc2C(=O)O)cc1. The first kappa shape index (κ1) is 20.9. The summed E-state index contributed by atoms with van der Waals surface area (Å²) in [7, 11) is 0. The molecule has 4 nitrogen and oxygen atoms in total. The van der Waals surface area contributed by atoms with Gasteiger partial charge in [-0.2, -0.15) is 0 Å². The molecule has 0 radical (unpaired) electrons. The van der Waals surface area contributed by atoms with Gasteiger partial charge in [-0.05, 0) is 55.2 Å². The second-order valence-electron chi connectivity index (χ2n) is 7.49. The first-order valence-electron chi connectivity index (χ1n) is 9.55. The van der Waals surface area contributed by atoms with Crippen LogP contribution in [0.3, 0.4) is 0 Å². The molecule has 0 fully saturated rings. The number of aromatic carboxylic acids is 1. The smallest absolute Gasteiger partial charge is 0.337 e. The zero-order valence-corrected chi connectivity index (χ0v) is 17.5. The standard InChI is InChI=1S/C24H24ClNO3/c1-15(2)11-22-20(17-5-4-6-18(25)12-17)13-21(24(27)28)23(26-22)14-29-19-9-7-16(3)8-10-19/h4-10,12-13,15H,11,14H2,1-3H3,(H,27,28). The fourth-order valence-corrected chi connectivity index (χ4v) is 3.31. The molecule has 0 unspecified atom stereocenters. The lowest BCUT2D eigenvalue weighted by atomic mass is 9.95. The number of halogens is 1. The Morgan fingerprint density at radius 3 is 2.45 bits per heavy atom. The van der Waals surface area contributed by atoms with E-state index < -0.39 is 5.97 Å². The summed E-state index contributed by atoms with van der Waals surface area (Å²) in [6.45, 7) is 6.31. The van der Waals surface area contributed by atoms with E-state index in [0.29, 0.717) is 22.4 Å². The van der Waals surface area contributed by atoms with Gasteiger partial charge in [0.05, 0.1) is 11.3 Å². The monoisotopic (exact) mass is 409 g/mol. The predicted molar refractivity (Wildman–Crippen MR) is 116 cm³/mol. The molecule has 3 rings (SSSR count). The molecular formula is C24H24ClNO3. The predicted octanol–water partition coefficient (Wildman–Crippen LogP) is 6.19. The van der Waals surface area contributed by atoms with Crippen molar-refractivity contribution in [2.24, 2.45) is 5.92 Å². The van der Waals surface area contributed by atoms with Gasteiger partial charge in [0.1, 0.15) is 12.4 Å². The maximum Gasteiger partial charge on any atom is 0.337 e. The summed E-state index contributed by atoms with van der Waals surface area (Å²) in [5.41, 5.74) is 4.17. The maximum atomic E-state index is 11.9. The largest absolute Gasteiger partial charge is 0.487 e. The Morgan fingerprint density at radius 2 is 1.83 bits per heavy atom. The van der Waals surface area contributed by atoms with Crippen LogP contribution in [-0.4, -0.2) is 16.1 Å². The van der Waals surface area contributed by atoms with Crippen LogP contribution in [0.1, 0.15) is 41.2 Å². The molecule has 0 aliphatic rings. The lowest BCUT2D eigenvalue weighted by Crippen LogP contribution is -2.12. The fraction of sp³-hybridized carbons (Fsp3) is 0.250. The zero-order valence-electron chi connectivity index (χ0n) is 16.8. The molecule has 0 saturated carbocycles. The summed E-state index contributed by atoms with van der Waals surface area (Å²) in [6, 6.07) is 16.7. The summed E-state index contributed by atoms with van der Waals surface area (Å²) >= 11 is 6.16. The maximum absolute atomic E-state index is 11.9. The number of ether oxygens (including phenoxy) is 1. The Morgan fingerprint density at radius 1 is 1.10 bits per heavy atom. The normalized spacial score (nSPS) is 10.9. The van der Waals surface area contributed by atoms with Gasteiger partial charge in [-0.15, -0.1) is 0 Å². The number of benzene rings is 2. The van der Waals surface area contributed by atoms with E-state index in [1.54, 1.807) is 12.1 Å². The second-order valence-corrected chi connectivity index (χ2v) is 7.93. The van der Waals surface area contributed by atoms with Crippen molar-refractivity contribution < 1.29 is 14.6 Å². The number of pyridine rings is 1. The van der Waals surface area contributed by atoms with Crippen molar-refractivity contribution in [1.82, 2.24) is 4.98 Å². The highest BCUT2D eigenvalue weighted by Gasteiger charge is 2.19. The molecule has 5 heteroatoms. The second kappa shape index (κ2) is 9.10. The number of rotatable bonds is 7. The summed E-state index contributed by atoms with van der Waals surface area (Å²) in [4.78, 5) is 16.7. The molecule has 1 heterocycles. The summed E-state index contributed by atoms with van der Waals surface area (Å²) in [5, 5.41) is 10.4. The van der Waals surface area contributed by atoms with Crippen LogP contribution in [0.5, 0.6) is 5.75 Å². The molecule has 2 aromatic carbocycles. The van der Waals surface area contributed by atoms with E-state index in [-0.39, 0.29) is 12.2 Å². The van der Waals surface area contributed by atoms with Crippen molar-refractivity contribution in [2.45, 2.75) is 33.8 Å². The van der Waals surface area contributed by atoms with Gasteiger partial charge in [-0.3, -0.25) is 4.98 Å². The van der Waals surface area contributed by atoms with E-state index in [2.05, 4.69) is 13.8 Å². The lowest BCUT2D eigenvalue weighted by molar-refractivity contribution is 0.0693. The Bertz CT molecular complexity index is 1010. The van der Waals surface area contributed by atoms with Crippen LogP contribution >= 0.6 is 11.6 Å². The van der Waals surface area contributed by atoms with Gasteiger partial charge in [-0.1, -0.05) is 55.3 Å². The van der Waals surface area contributed by atoms with E-state index in [1.165, 1.54) is 0 Å². The van der Waals surface area contributed by atoms with Crippen LogP contribution in [0.25, 0.3) is 11.1 Å². The summed E-state index contributed by atoms with van der Waals surface area (Å²) in [6.07, 6.45) is 0.722. The summed E-state index contributed by atoms with van der Waals surface area (Å²) in [5.74, 6) is 0.0134. The van der Waals surface area contributed by atoms with Crippen LogP contribution in [0, 0.1) is 12.8 Å². The molecule has 0 amide bonds. The minimum atomic E-state index is -1.03. The van der Waals surface area contributed by atoms with Gasteiger partial charge in [0.15, 0.2) is 0 Å². The number of aryl methyl sites for hydroxylation is 1. The molecule has 29 heavy (non-hydrogen) atoms. The third kappa shape index (κ3) is 5.36. The van der Waals surface area contributed by atoms with E-state index in [0.717, 1.165) is 28.8 Å². The van der Waals surface area contributed by atoms with E-state index in [4.69, 9.17) is 21.3 Å². The molecule has 0 bridgehead atoms. The molecule has 3 aromatic rings. The third-order valence-electron chi connectivity index (χ3n) is 4.54. The average Bonchev–Trinajstić information content (AvgIpc) is 2.67. The van der Waals surface area contributed by atoms with Gasteiger partial charge >= 0.3 is 5.97 Å². The molecule has 0 aliphatic heterocycles. The van der Waals surface area contributed by atoms with E-state index >= 15 is 0 Å². The molecule has 1 aromatic heterocycles. The highest BCUT2D eigenvalue weighted by molar-refractivity contribution is 6.30. The van der Waals surface area contributed by atoms with Crippen LogP contribution in [0.4, 0.5) is 0 Å². The van der Waals surface area contributed by atoms with Crippen LogP contribution in [0.2, 0.25) is 5.02 Å². The van der Waals surface area contributed by atoms with Gasteiger partial charge in [0, 0.05) is 16.3 Å². The minimum absolute atomic E-state index is 0.0889. The van der Waals surface area contributed by atoms with Crippen LogP contribution in [-0.2, 0) is 13.0 Å². The summed E-state index contributed by atoms with van der Waals surface area (Å²) < 4.78 is 5.82. The van der Waals surface area contributed by atoms with Gasteiger partial charge in [-0.25, -0.2) is 4.79 Å². The molecule has 0 atom stereocenters. The molecule has 150 valence electrons. The highest BCUT2D eigenvalue weighted by atomic mass is 35.5. The quantitative estimate of drug-likeness (QED) is 0.505. The first-order valence-corrected chi connectivity index (χ1v) is 9.92. The van der Waals surface area contributed by atoms with Crippen molar-refractivity contribution in [3.8, 4) is 16.9 Å². The Kier molecular flexibility index (Phi) is 6.55. The van der Waals surface area contributed by atoms with Gasteiger partial charge in [0.2, 0.25) is 0 Å². The number of hydrogen-bond acceptors (Lipinski definition) is 3. The Balaban J connectivity index is 2.03. The number of aromatic nitrogens is 1. The van der Waals surface area contributed by atoms with Gasteiger partial charge in [0.25, 0.3) is 0 Å². The number of nitrogens with zero attached hydrogens (tertiary/aromatic N) is 1. The first-order chi connectivity index (χ1) is 13.8. The molecule has 1 N–H and O–H groups in total. The van der Waals surface area contributed by atoms with Crippen molar-refractivity contribution in [1.29, 1.82) is 0 Å². The van der Waals surface area contributed by atoms with E-state index in [1.807, 2.05) is 49.4 Å². The minimum Gasteiger partial charge on any atom is -0.487 e. The number of hydrogen-bond donors (Lipinski definition) is 1. The molecule has 0 aliphatic carbocycles. The molecule has 0 spiro atoms. The Labute approximate surface area is 176 Å². The van der Waals surface area contributed by atoms with E-state index in [9.17, 15) is 9.90 Å². The Hall–Kier alpha value is -2.85. The fourth-order valence-electron chi connectivity index (χ4n) is 3.12.